The van der Waals surface area contributed by atoms with Gasteiger partial charge in [-0.2, -0.15) is 0 Å². The smallest absolute Gasteiger partial charge is 0.178 e. The Hall–Kier alpha value is -3.57. The van der Waals surface area contributed by atoms with Crippen LogP contribution in [0, 0.1) is 5.92 Å². The van der Waals surface area contributed by atoms with Crippen LogP contribution in [0.15, 0.2) is 114 Å². The summed E-state index contributed by atoms with van der Waals surface area (Å²) in [6, 6.07) is 34.9. The van der Waals surface area contributed by atoms with Gasteiger partial charge in [-0.25, -0.2) is 8.42 Å². The number of sulfone groups is 1. The molecule has 1 unspecified atom stereocenters. The molecule has 1 heterocycles. The Labute approximate surface area is 201 Å². The molecule has 172 valence electrons. The van der Waals surface area contributed by atoms with Crippen molar-refractivity contribution >= 4 is 15.5 Å². The maximum Gasteiger partial charge on any atom is 0.178 e. The van der Waals surface area contributed by atoms with Gasteiger partial charge < -0.3 is 9.64 Å². The maximum atomic E-state index is 13.1. The van der Waals surface area contributed by atoms with Gasteiger partial charge in [0.2, 0.25) is 0 Å². The first kappa shape index (κ1) is 22.2. The van der Waals surface area contributed by atoms with E-state index in [0.717, 1.165) is 29.3 Å². The minimum atomic E-state index is -3.38. The van der Waals surface area contributed by atoms with Crippen molar-refractivity contribution < 1.29 is 13.2 Å². The first-order valence-electron chi connectivity index (χ1n) is 11.5. The lowest BCUT2D eigenvalue weighted by molar-refractivity contribution is 0.477. The molecular formula is C29H27NO3S. The van der Waals surface area contributed by atoms with Crippen molar-refractivity contribution in [2.24, 2.45) is 5.92 Å². The Morgan fingerprint density at radius 3 is 2.12 bits per heavy atom. The van der Waals surface area contributed by atoms with Crippen LogP contribution in [0.5, 0.6) is 11.5 Å². The summed E-state index contributed by atoms with van der Waals surface area (Å²) in [6.07, 6.45) is 0.693. The van der Waals surface area contributed by atoms with E-state index in [1.807, 2.05) is 60.7 Å². The van der Waals surface area contributed by atoms with Gasteiger partial charge in [0.25, 0.3) is 0 Å². The van der Waals surface area contributed by atoms with E-state index < -0.39 is 9.84 Å². The molecule has 0 saturated carbocycles. The topological polar surface area (TPSA) is 46.6 Å². The van der Waals surface area contributed by atoms with Crippen molar-refractivity contribution in [3.8, 4) is 11.5 Å². The first-order chi connectivity index (χ1) is 16.6. The number of para-hydroxylation sites is 1. The zero-order chi connectivity index (χ0) is 23.4. The van der Waals surface area contributed by atoms with E-state index in [4.69, 9.17) is 4.74 Å². The number of benzene rings is 4. The molecule has 1 aliphatic rings. The van der Waals surface area contributed by atoms with Crippen molar-refractivity contribution in [2.45, 2.75) is 17.9 Å². The Balaban J connectivity index is 1.44. The first-order valence-corrected chi connectivity index (χ1v) is 13.1. The van der Waals surface area contributed by atoms with Crippen LogP contribution < -0.4 is 9.64 Å². The third kappa shape index (κ3) is 5.15. The Bertz CT molecular complexity index is 1340. The van der Waals surface area contributed by atoms with Crippen LogP contribution in [0.1, 0.15) is 11.1 Å². The van der Waals surface area contributed by atoms with Crippen LogP contribution in [0.3, 0.4) is 0 Å². The summed E-state index contributed by atoms with van der Waals surface area (Å²) in [5.41, 5.74) is 3.45. The second-order valence-corrected chi connectivity index (χ2v) is 10.8. The second-order valence-electron chi connectivity index (χ2n) is 8.74. The Kier molecular flexibility index (Phi) is 6.37. The van der Waals surface area contributed by atoms with Gasteiger partial charge in [0, 0.05) is 18.8 Å². The molecule has 0 bridgehead atoms. The van der Waals surface area contributed by atoms with Crippen molar-refractivity contribution in [3.63, 3.8) is 0 Å². The summed E-state index contributed by atoms with van der Waals surface area (Å²) in [7, 11) is -3.38. The van der Waals surface area contributed by atoms with E-state index in [1.54, 1.807) is 24.3 Å². The van der Waals surface area contributed by atoms with Crippen molar-refractivity contribution in [3.05, 3.63) is 120 Å². The largest absolute Gasteiger partial charge is 0.457 e. The average Bonchev–Trinajstić information content (AvgIpc) is 2.85. The van der Waals surface area contributed by atoms with E-state index in [1.165, 1.54) is 5.56 Å². The predicted octanol–water partition coefficient (Wildman–Crippen LogP) is 6.13. The van der Waals surface area contributed by atoms with Gasteiger partial charge in [-0.15, -0.1) is 0 Å². The molecule has 0 aliphatic carbocycles. The van der Waals surface area contributed by atoms with Crippen LogP contribution in [0.25, 0.3) is 0 Å². The zero-order valence-electron chi connectivity index (χ0n) is 18.9. The fraction of sp³-hybridized carbons (Fsp3) is 0.172. The number of ether oxygens (including phenoxy) is 1. The van der Waals surface area contributed by atoms with E-state index in [0.29, 0.717) is 17.9 Å². The molecule has 1 atom stereocenters. The third-order valence-electron chi connectivity index (χ3n) is 6.13. The molecule has 4 aromatic rings. The van der Waals surface area contributed by atoms with Crippen molar-refractivity contribution in [2.75, 3.05) is 17.2 Å². The van der Waals surface area contributed by atoms with Crippen molar-refractivity contribution in [1.82, 2.24) is 0 Å². The molecule has 34 heavy (non-hydrogen) atoms. The Morgan fingerprint density at radius 1 is 0.765 bits per heavy atom. The summed E-state index contributed by atoms with van der Waals surface area (Å²) in [4.78, 5) is 2.68. The summed E-state index contributed by atoms with van der Waals surface area (Å²) >= 11 is 0. The number of fused-ring (bicyclic) bond motifs is 1. The predicted molar refractivity (Wildman–Crippen MR) is 136 cm³/mol. The molecule has 5 heteroatoms. The third-order valence-corrected chi connectivity index (χ3v) is 8.03. The van der Waals surface area contributed by atoms with E-state index in [9.17, 15) is 8.42 Å². The standard InChI is InChI=1S/C29H27NO3S/c31-34(32,28-14-8-3-9-15-28)22-24-18-25-19-27(33-26-12-6-2-7-13-26)16-17-29(25)30(21-24)20-23-10-4-1-5-11-23/h1-17,19,24H,18,20-22H2. The quantitative estimate of drug-likeness (QED) is 0.327. The molecule has 5 rings (SSSR count). The molecule has 4 aromatic carbocycles. The van der Waals surface area contributed by atoms with Gasteiger partial charge in [-0.1, -0.05) is 66.7 Å². The lowest BCUT2D eigenvalue weighted by Gasteiger charge is -2.36. The minimum absolute atomic E-state index is 0.0200. The van der Waals surface area contributed by atoms with Gasteiger partial charge in [-0.05, 0) is 65.9 Å². The average molecular weight is 470 g/mol. The fourth-order valence-electron chi connectivity index (χ4n) is 4.61. The number of hydrogen-bond acceptors (Lipinski definition) is 4. The van der Waals surface area contributed by atoms with Crippen LogP contribution >= 0.6 is 0 Å². The Morgan fingerprint density at radius 2 is 1.41 bits per heavy atom. The fourth-order valence-corrected chi connectivity index (χ4v) is 6.22. The molecule has 4 nitrogen and oxygen atoms in total. The van der Waals surface area contributed by atoms with Crippen LogP contribution in [-0.2, 0) is 22.8 Å². The SMILES string of the molecule is O=S(=O)(CC1Cc2cc(Oc3ccccc3)ccc2N(Cc2ccccc2)C1)c1ccccc1. The lowest BCUT2D eigenvalue weighted by Crippen LogP contribution is -2.38. The van der Waals surface area contributed by atoms with E-state index in [2.05, 4.69) is 29.2 Å². The van der Waals surface area contributed by atoms with E-state index >= 15 is 0 Å². The molecule has 0 amide bonds. The highest BCUT2D eigenvalue weighted by molar-refractivity contribution is 7.91. The minimum Gasteiger partial charge on any atom is -0.457 e. The molecular weight excluding hydrogens is 442 g/mol. The number of rotatable bonds is 7. The van der Waals surface area contributed by atoms with Gasteiger partial charge in [0.1, 0.15) is 11.5 Å². The van der Waals surface area contributed by atoms with Crippen LogP contribution in [0.2, 0.25) is 0 Å². The highest BCUT2D eigenvalue weighted by Gasteiger charge is 2.29. The number of anilines is 1. The van der Waals surface area contributed by atoms with E-state index in [-0.39, 0.29) is 11.7 Å². The molecule has 0 aromatic heterocycles. The zero-order valence-corrected chi connectivity index (χ0v) is 19.7. The monoisotopic (exact) mass is 469 g/mol. The number of hydrogen-bond donors (Lipinski definition) is 0. The number of nitrogens with zero attached hydrogens (tertiary/aromatic N) is 1. The molecule has 1 aliphatic heterocycles. The maximum absolute atomic E-state index is 13.1. The van der Waals surface area contributed by atoms with Gasteiger partial charge in [0.15, 0.2) is 9.84 Å². The molecule has 0 radical (unpaired) electrons. The molecule has 0 N–H and O–H groups in total. The van der Waals surface area contributed by atoms with Crippen LogP contribution in [-0.4, -0.2) is 20.7 Å². The second kappa shape index (κ2) is 9.74. The lowest BCUT2D eigenvalue weighted by atomic mass is 9.93. The summed E-state index contributed by atoms with van der Waals surface area (Å²) in [5, 5.41) is 0. The van der Waals surface area contributed by atoms with Crippen LogP contribution in [0.4, 0.5) is 5.69 Å². The van der Waals surface area contributed by atoms with Gasteiger partial charge >= 0.3 is 0 Å². The van der Waals surface area contributed by atoms with Crippen molar-refractivity contribution in [1.29, 1.82) is 0 Å². The normalized spacial score (nSPS) is 15.5. The highest BCUT2D eigenvalue weighted by Crippen LogP contribution is 2.36. The highest BCUT2D eigenvalue weighted by atomic mass is 32.2. The summed E-state index contributed by atoms with van der Waals surface area (Å²) in [6.45, 7) is 1.42. The van der Waals surface area contributed by atoms with Gasteiger partial charge in [0.05, 0.1) is 10.6 Å². The summed E-state index contributed by atoms with van der Waals surface area (Å²) in [5.74, 6) is 1.64. The molecule has 0 fully saturated rings. The molecule has 0 spiro atoms. The van der Waals surface area contributed by atoms with Gasteiger partial charge in [-0.3, -0.25) is 0 Å². The molecule has 0 saturated heterocycles. The summed E-state index contributed by atoms with van der Waals surface area (Å²) < 4.78 is 32.4.